The van der Waals surface area contributed by atoms with Gasteiger partial charge in [-0.2, -0.15) is 18.4 Å². The third kappa shape index (κ3) is 8.37. The summed E-state index contributed by atoms with van der Waals surface area (Å²) in [6.07, 6.45) is -5.05. The van der Waals surface area contributed by atoms with E-state index >= 15 is 0 Å². The van der Waals surface area contributed by atoms with Crippen LogP contribution in [0, 0.1) is 25.2 Å². The van der Waals surface area contributed by atoms with Crippen molar-refractivity contribution >= 4 is 35.6 Å². The first-order valence-electron chi connectivity index (χ1n) is 21.5. The normalized spacial score (nSPS) is 21.3. The van der Waals surface area contributed by atoms with Gasteiger partial charge in [-0.15, -0.1) is 0 Å². The minimum atomic E-state index is -5.53. The number of imide groups is 2. The topological polar surface area (TPSA) is 185 Å². The molecule has 0 spiro atoms. The second kappa shape index (κ2) is 18.8. The molecule has 4 heterocycles. The Bertz CT molecular complexity index is 2290. The molecule has 0 N–H and O–H groups in total. The lowest BCUT2D eigenvalue weighted by molar-refractivity contribution is -0.191. The van der Waals surface area contributed by atoms with E-state index in [1.165, 1.54) is 21.0 Å². The van der Waals surface area contributed by atoms with Crippen LogP contribution in [0.3, 0.4) is 0 Å². The van der Waals surface area contributed by atoms with Gasteiger partial charge >= 0.3 is 24.0 Å². The van der Waals surface area contributed by atoms with Gasteiger partial charge in [0.2, 0.25) is 18.6 Å². The van der Waals surface area contributed by atoms with Gasteiger partial charge in [0.25, 0.3) is 5.91 Å². The second-order valence-electron chi connectivity index (χ2n) is 16.6. The molecule has 4 aliphatic heterocycles. The highest BCUT2D eigenvalue weighted by Gasteiger charge is 2.58. The molecule has 6 atom stereocenters. The van der Waals surface area contributed by atoms with E-state index in [0.717, 1.165) is 17.4 Å². The molecular weight excluding hydrogens is 844 g/mol. The van der Waals surface area contributed by atoms with Crippen molar-refractivity contribution in [3.63, 3.8) is 0 Å². The molecule has 1 fully saturated rings. The smallest absolute Gasteiger partial charge is 0.471 e. The van der Waals surface area contributed by atoms with Crippen LogP contribution >= 0.6 is 0 Å². The molecule has 0 saturated carbocycles. The zero-order chi connectivity index (χ0) is 47.1. The monoisotopic (exact) mass is 897 g/mol. The molecule has 0 radical (unpaired) electrons. The summed E-state index contributed by atoms with van der Waals surface area (Å²) in [5.74, 6) is -6.04. The van der Waals surface area contributed by atoms with Crippen molar-refractivity contribution in [1.29, 1.82) is 5.26 Å². The third-order valence-corrected chi connectivity index (χ3v) is 12.5. The van der Waals surface area contributed by atoms with E-state index in [1.807, 2.05) is 36.8 Å². The molecule has 4 aliphatic rings. The average Bonchev–Trinajstić information content (AvgIpc) is 3.72. The van der Waals surface area contributed by atoms with Gasteiger partial charge in [0.15, 0.2) is 23.0 Å². The van der Waals surface area contributed by atoms with Gasteiger partial charge < -0.3 is 23.7 Å². The number of esters is 2. The van der Waals surface area contributed by atoms with Crippen LogP contribution in [-0.4, -0.2) is 113 Å². The highest BCUT2D eigenvalue weighted by molar-refractivity contribution is 6.05. The summed E-state index contributed by atoms with van der Waals surface area (Å²) in [4.78, 5) is 85.8. The summed E-state index contributed by atoms with van der Waals surface area (Å²) >= 11 is 0. The lowest BCUT2D eigenvalue weighted by Crippen LogP contribution is -2.69. The van der Waals surface area contributed by atoms with Gasteiger partial charge in [-0.1, -0.05) is 26.8 Å². The summed E-state index contributed by atoms with van der Waals surface area (Å²) in [7, 11) is 3.30. The van der Waals surface area contributed by atoms with Crippen molar-refractivity contribution in [3.05, 3.63) is 39.4 Å². The van der Waals surface area contributed by atoms with Gasteiger partial charge in [-0.3, -0.25) is 48.4 Å². The quantitative estimate of drug-likeness (QED) is 0.176. The number of alkyl halides is 3. The highest BCUT2D eigenvalue weighted by Crippen LogP contribution is 2.59. The Balaban J connectivity index is 1.63. The lowest BCUT2D eigenvalue weighted by atomic mass is 9.71. The Labute approximate surface area is 369 Å². The van der Waals surface area contributed by atoms with Gasteiger partial charge in [0.1, 0.15) is 17.8 Å². The minimum Gasteiger partial charge on any atom is -0.493 e. The van der Waals surface area contributed by atoms with E-state index < -0.39 is 91.0 Å². The summed E-state index contributed by atoms with van der Waals surface area (Å²) in [5, 5.41) is 11.2. The Morgan fingerprint density at radius 3 is 2.14 bits per heavy atom. The first kappa shape index (κ1) is 47.7. The predicted molar refractivity (Wildman–Crippen MR) is 220 cm³/mol. The summed E-state index contributed by atoms with van der Waals surface area (Å²) < 4.78 is 72.2. The van der Waals surface area contributed by atoms with Crippen molar-refractivity contribution in [2.24, 2.45) is 0 Å². The number of hydrogen-bond acceptors (Lipinski definition) is 14. The van der Waals surface area contributed by atoms with Crippen molar-refractivity contribution in [2.75, 3.05) is 27.5 Å². The fourth-order valence-corrected chi connectivity index (χ4v) is 9.88. The molecule has 64 heavy (non-hydrogen) atoms. The Kier molecular flexibility index (Phi) is 14.0. The number of fused-ring (bicyclic) bond motifs is 9. The van der Waals surface area contributed by atoms with Gasteiger partial charge in [-0.05, 0) is 71.0 Å². The second-order valence-corrected chi connectivity index (χ2v) is 16.6. The fraction of sp³-hybridized carbons (Fsp3) is 0.578. The number of carbonyl (C=O) groups excluding carboxylic acids is 6. The van der Waals surface area contributed by atoms with E-state index in [-0.39, 0.29) is 73.2 Å². The van der Waals surface area contributed by atoms with Crippen molar-refractivity contribution in [1.82, 2.24) is 19.6 Å². The molecule has 0 aliphatic carbocycles. The number of carbonyl (C=O) groups is 6. The van der Waals surface area contributed by atoms with E-state index in [0.29, 0.717) is 40.0 Å². The van der Waals surface area contributed by atoms with Crippen LogP contribution in [0.5, 0.6) is 28.7 Å². The number of likely N-dealkylation sites (N-methyl/N-ethyl adjacent to an activating group) is 1. The number of halogens is 3. The predicted octanol–water partition coefficient (Wildman–Crippen LogP) is 5.70. The molecule has 2 bridgehead atoms. The fourth-order valence-electron chi connectivity index (χ4n) is 9.88. The van der Waals surface area contributed by atoms with Gasteiger partial charge in [0.05, 0.1) is 25.3 Å². The molecule has 4 amide bonds. The molecule has 2 aromatic carbocycles. The maximum absolute atomic E-state index is 14.8. The zero-order valence-corrected chi connectivity index (χ0v) is 37.5. The molecule has 19 heteroatoms. The molecular formula is C45H54F3N5O11. The van der Waals surface area contributed by atoms with Crippen LogP contribution in [0.1, 0.15) is 119 Å². The van der Waals surface area contributed by atoms with Crippen molar-refractivity contribution in [2.45, 2.75) is 142 Å². The number of hydrogen-bond donors (Lipinski definition) is 0. The summed E-state index contributed by atoms with van der Waals surface area (Å²) in [6.45, 7) is 9.83. The maximum Gasteiger partial charge on any atom is 0.471 e. The highest BCUT2D eigenvalue weighted by atomic mass is 19.4. The first-order valence-corrected chi connectivity index (χ1v) is 21.5. The summed E-state index contributed by atoms with van der Waals surface area (Å²) in [5.41, 5.74) is 3.22. The van der Waals surface area contributed by atoms with E-state index in [1.54, 1.807) is 13.8 Å². The standard InChI is InChI=1S/C45H54F3N5O11/c1-10-13-32(55)51(43(58)24(6)52(33(56)14-11-2)44(59)45(46,47)48)20-31-36-27(39(63-25(7)54)23(5)40-41(36)62-21-61-40)18-29-37-35-26(17-28(50(37)8)30(19-49)53(29)31)16-22(4)38(60-9)42(35)64-34(57)15-12-3/h16,24,28-31,37H,10-15,17-18,20-21H2,1-9H3/t24-,28+,29?,30-,31-,37?/m0/s1. The van der Waals surface area contributed by atoms with E-state index in [4.69, 9.17) is 23.7 Å². The molecule has 1 saturated heterocycles. The molecule has 2 aromatic rings. The van der Waals surface area contributed by atoms with Crippen LogP contribution in [0.25, 0.3) is 0 Å². The number of aryl methyl sites for hydroxylation is 1. The molecule has 346 valence electrons. The summed E-state index contributed by atoms with van der Waals surface area (Å²) in [6, 6.07) is -1.90. The number of piperazine rings is 1. The number of nitriles is 1. The zero-order valence-electron chi connectivity index (χ0n) is 37.5. The maximum atomic E-state index is 14.8. The number of methoxy groups -OCH3 is 1. The Morgan fingerprint density at radius 1 is 0.906 bits per heavy atom. The molecule has 6 rings (SSSR count). The van der Waals surface area contributed by atoms with E-state index in [2.05, 4.69) is 6.07 Å². The van der Waals surface area contributed by atoms with Gasteiger partial charge in [-0.25, -0.2) is 0 Å². The van der Waals surface area contributed by atoms with Gasteiger partial charge in [0, 0.05) is 67.1 Å². The van der Waals surface area contributed by atoms with Crippen molar-refractivity contribution < 1.29 is 65.6 Å². The number of nitrogens with zero attached hydrogens (tertiary/aromatic N) is 5. The number of amides is 4. The van der Waals surface area contributed by atoms with Crippen LogP contribution in [0.2, 0.25) is 0 Å². The molecule has 0 aromatic heterocycles. The van der Waals surface area contributed by atoms with Crippen molar-refractivity contribution in [3.8, 4) is 34.8 Å². The van der Waals surface area contributed by atoms with Crippen LogP contribution in [0.4, 0.5) is 13.2 Å². The average molecular weight is 898 g/mol. The Morgan fingerprint density at radius 2 is 1.55 bits per heavy atom. The Hall–Kier alpha value is -5.74. The van der Waals surface area contributed by atoms with Crippen LogP contribution in [0.15, 0.2) is 6.07 Å². The first-order chi connectivity index (χ1) is 30.3. The molecule has 2 unspecified atom stereocenters. The van der Waals surface area contributed by atoms with E-state index in [9.17, 15) is 47.2 Å². The SMILES string of the molecule is CCCC(=O)Oc1c(OC)c(C)cc2c1C1C3Cc4c(OC(C)=O)c(C)c5c(c4[C@H](CN(C(=O)CCC)C(=O)[C@H](C)N(C(=O)CCC)C(=O)C(F)(F)F)N3[C@@H](C#N)[C@@H](C2)N1C)OCO5. The lowest BCUT2D eigenvalue weighted by Gasteiger charge is -2.60. The molecule has 16 nitrogen and oxygen atoms in total. The number of rotatable bonds is 13. The number of ether oxygens (including phenoxy) is 5. The third-order valence-electron chi connectivity index (χ3n) is 12.5. The largest absolute Gasteiger partial charge is 0.493 e. The van der Waals surface area contributed by atoms with Crippen LogP contribution in [-0.2, 0) is 41.6 Å². The number of benzene rings is 2. The van der Waals surface area contributed by atoms with Crippen LogP contribution < -0.4 is 23.7 Å². The minimum absolute atomic E-state index is 0.0623.